The predicted octanol–water partition coefficient (Wildman–Crippen LogP) is 0.432. The number of rotatable bonds is 5. The second-order valence-electron chi connectivity index (χ2n) is 7.84. The minimum Gasteiger partial charge on any atom is -0.497 e. The lowest BCUT2D eigenvalue weighted by Crippen LogP contribution is -2.53. The SMILES string of the molecule is COc1ccc(C(=O)N2C[C@H](O)[C@@H](N3CCN(Cc4nccn4C)CC3)C2)cc1. The summed E-state index contributed by atoms with van der Waals surface area (Å²) in [5.74, 6) is 1.75. The van der Waals surface area contributed by atoms with E-state index in [-0.39, 0.29) is 11.9 Å². The van der Waals surface area contributed by atoms with Gasteiger partial charge in [0.05, 0.1) is 25.8 Å². The Bertz CT molecular complexity index is 829. The Morgan fingerprint density at radius 2 is 1.90 bits per heavy atom. The Balaban J connectivity index is 1.32. The summed E-state index contributed by atoms with van der Waals surface area (Å²) in [6, 6.07) is 7.12. The first-order valence-corrected chi connectivity index (χ1v) is 10.1. The average molecular weight is 399 g/mol. The minimum absolute atomic E-state index is 0.00694. The molecule has 0 aliphatic carbocycles. The Kier molecular flexibility index (Phi) is 5.84. The monoisotopic (exact) mass is 399 g/mol. The van der Waals surface area contributed by atoms with Crippen molar-refractivity contribution in [3.05, 3.63) is 48.0 Å². The molecular weight excluding hydrogens is 370 g/mol. The molecule has 0 spiro atoms. The first kappa shape index (κ1) is 19.9. The van der Waals surface area contributed by atoms with E-state index in [0.717, 1.165) is 44.3 Å². The van der Waals surface area contributed by atoms with Crippen molar-refractivity contribution in [1.29, 1.82) is 0 Å². The lowest BCUT2D eigenvalue weighted by Gasteiger charge is -2.38. The molecule has 2 aliphatic heterocycles. The molecule has 1 amide bonds. The van der Waals surface area contributed by atoms with Gasteiger partial charge in [-0.15, -0.1) is 0 Å². The molecule has 1 aromatic heterocycles. The van der Waals surface area contributed by atoms with Crippen molar-refractivity contribution in [2.24, 2.45) is 7.05 Å². The maximum Gasteiger partial charge on any atom is 0.254 e. The largest absolute Gasteiger partial charge is 0.497 e. The molecule has 2 atom stereocenters. The Morgan fingerprint density at radius 3 is 2.52 bits per heavy atom. The van der Waals surface area contributed by atoms with Crippen LogP contribution in [0, 0.1) is 0 Å². The molecule has 0 unspecified atom stereocenters. The van der Waals surface area contributed by atoms with Crippen molar-refractivity contribution in [2.45, 2.75) is 18.7 Å². The van der Waals surface area contributed by atoms with Gasteiger partial charge in [-0.1, -0.05) is 0 Å². The van der Waals surface area contributed by atoms with Gasteiger partial charge in [0, 0.05) is 64.3 Å². The van der Waals surface area contributed by atoms with Crippen molar-refractivity contribution in [3.8, 4) is 5.75 Å². The van der Waals surface area contributed by atoms with E-state index in [9.17, 15) is 9.90 Å². The molecule has 1 N–H and O–H groups in total. The fourth-order valence-electron chi connectivity index (χ4n) is 4.21. The van der Waals surface area contributed by atoms with Gasteiger partial charge in [-0.3, -0.25) is 14.6 Å². The molecule has 8 heteroatoms. The smallest absolute Gasteiger partial charge is 0.254 e. The van der Waals surface area contributed by atoms with Gasteiger partial charge in [-0.2, -0.15) is 0 Å². The van der Waals surface area contributed by atoms with Gasteiger partial charge < -0.3 is 19.3 Å². The molecule has 2 aromatic rings. The lowest BCUT2D eigenvalue weighted by molar-refractivity contribution is 0.0414. The van der Waals surface area contributed by atoms with E-state index in [2.05, 4.69) is 19.4 Å². The molecule has 29 heavy (non-hydrogen) atoms. The van der Waals surface area contributed by atoms with Crippen molar-refractivity contribution in [3.63, 3.8) is 0 Å². The van der Waals surface area contributed by atoms with Crippen molar-refractivity contribution in [2.75, 3.05) is 46.4 Å². The van der Waals surface area contributed by atoms with Crippen LogP contribution in [0.3, 0.4) is 0 Å². The van der Waals surface area contributed by atoms with Crippen LogP contribution in [-0.2, 0) is 13.6 Å². The fraction of sp³-hybridized carbons (Fsp3) is 0.524. The number of amides is 1. The molecule has 4 rings (SSSR count). The Labute approximate surface area is 171 Å². The van der Waals surface area contributed by atoms with Gasteiger partial charge in [0.15, 0.2) is 0 Å². The van der Waals surface area contributed by atoms with Crippen LogP contribution < -0.4 is 4.74 Å². The number of benzene rings is 1. The predicted molar refractivity (Wildman–Crippen MR) is 109 cm³/mol. The number of piperazine rings is 1. The molecule has 2 saturated heterocycles. The molecule has 0 bridgehead atoms. The normalized spacial score (nSPS) is 23.5. The highest BCUT2D eigenvalue weighted by molar-refractivity contribution is 5.94. The highest BCUT2D eigenvalue weighted by Crippen LogP contribution is 2.21. The van der Waals surface area contributed by atoms with E-state index < -0.39 is 6.10 Å². The number of ether oxygens (including phenoxy) is 1. The first-order chi connectivity index (χ1) is 14.0. The third-order valence-corrected chi connectivity index (χ3v) is 6.05. The summed E-state index contributed by atoms with van der Waals surface area (Å²) in [6.07, 6.45) is 3.28. The first-order valence-electron chi connectivity index (χ1n) is 10.1. The summed E-state index contributed by atoms with van der Waals surface area (Å²) < 4.78 is 7.21. The summed E-state index contributed by atoms with van der Waals surface area (Å²) in [4.78, 5) is 23.7. The number of aliphatic hydroxyl groups excluding tert-OH is 1. The number of imidazole rings is 1. The summed E-state index contributed by atoms with van der Waals surface area (Å²) in [5.41, 5.74) is 0.624. The molecule has 0 saturated carbocycles. The molecule has 2 aliphatic rings. The summed E-state index contributed by atoms with van der Waals surface area (Å²) in [6.45, 7) is 5.42. The summed E-state index contributed by atoms with van der Waals surface area (Å²) in [7, 11) is 3.62. The number of carbonyl (C=O) groups excluding carboxylic acids is 1. The van der Waals surface area contributed by atoms with Crippen LogP contribution in [-0.4, -0.2) is 93.8 Å². The van der Waals surface area contributed by atoms with Crippen LogP contribution in [0.2, 0.25) is 0 Å². The van der Waals surface area contributed by atoms with Crippen molar-refractivity contribution < 1.29 is 14.6 Å². The van der Waals surface area contributed by atoms with Gasteiger partial charge in [0.2, 0.25) is 0 Å². The number of aryl methyl sites for hydroxylation is 1. The van der Waals surface area contributed by atoms with Gasteiger partial charge in [0.1, 0.15) is 11.6 Å². The fourth-order valence-corrected chi connectivity index (χ4v) is 4.21. The Hall–Kier alpha value is -2.42. The van der Waals surface area contributed by atoms with E-state index in [1.165, 1.54) is 0 Å². The molecule has 0 radical (unpaired) electrons. The number of aromatic nitrogens is 2. The Morgan fingerprint density at radius 1 is 1.17 bits per heavy atom. The topological polar surface area (TPSA) is 74.1 Å². The second kappa shape index (κ2) is 8.52. The van der Waals surface area contributed by atoms with E-state index in [0.29, 0.717) is 18.7 Å². The second-order valence-corrected chi connectivity index (χ2v) is 7.84. The maximum atomic E-state index is 12.8. The maximum absolute atomic E-state index is 12.8. The number of likely N-dealkylation sites (tertiary alicyclic amines) is 1. The number of β-amino-alcohol motifs (C(OH)–C–C–N with tert-alkyl or cyclic N) is 1. The average Bonchev–Trinajstić information content (AvgIpc) is 3.33. The summed E-state index contributed by atoms with van der Waals surface area (Å²) in [5, 5.41) is 10.6. The molecule has 156 valence electrons. The van der Waals surface area contributed by atoms with E-state index in [4.69, 9.17) is 4.74 Å². The highest BCUT2D eigenvalue weighted by Gasteiger charge is 2.38. The number of methoxy groups -OCH3 is 1. The van der Waals surface area contributed by atoms with E-state index in [1.807, 2.05) is 19.4 Å². The zero-order valence-corrected chi connectivity index (χ0v) is 17.1. The molecular formula is C21H29N5O3. The van der Waals surface area contributed by atoms with E-state index in [1.54, 1.807) is 36.3 Å². The molecule has 2 fully saturated rings. The van der Waals surface area contributed by atoms with Crippen LogP contribution in [0.15, 0.2) is 36.7 Å². The minimum atomic E-state index is -0.515. The van der Waals surface area contributed by atoms with Gasteiger partial charge in [0.25, 0.3) is 5.91 Å². The summed E-state index contributed by atoms with van der Waals surface area (Å²) >= 11 is 0. The number of nitrogens with zero attached hydrogens (tertiary/aromatic N) is 5. The van der Waals surface area contributed by atoms with Gasteiger partial charge >= 0.3 is 0 Å². The van der Waals surface area contributed by atoms with E-state index >= 15 is 0 Å². The third-order valence-electron chi connectivity index (χ3n) is 6.05. The molecule has 1 aromatic carbocycles. The van der Waals surface area contributed by atoms with Crippen LogP contribution >= 0.6 is 0 Å². The van der Waals surface area contributed by atoms with Crippen LogP contribution in [0.5, 0.6) is 5.75 Å². The molecule has 8 nitrogen and oxygen atoms in total. The number of aliphatic hydroxyl groups is 1. The highest BCUT2D eigenvalue weighted by atomic mass is 16.5. The van der Waals surface area contributed by atoms with Crippen LogP contribution in [0.1, 0.15) is 16.2 Å². The number of hydrogen-bond donors (Lipinski definition) is 1. The van der Waals surface area contributed by atoms with Crippen LogP contribution in [0.4, 0.5) is 0 Å². The van der Waals surface area contributed by atoms with Crippen LogP contribution in [0.25, 0.3) is 0 Å². The van der Waals surface area contributed by atoms with Crippen molar-refractivity contribution in [1.82, 2.24) is 24.3 Å². The quantitative estimate of drug-likeness (QED) is 0.786. The third kappa shape index (κ3) is 4.29. The zero-order chi connectivity index (χ0) is 20.4. The lowest BCUT2D eigenvalue weighted by atomic mass is 10.1. The zero-order valence-electron chi connectivity index (χ0n) is 17.1. The van der Waals surface area contributed by atoms with Gasteiger partial charge in [-0.25, -0.2) is 4.98 Å². The standard InChI is InChI=1S/C21H29N5O3/c1-23-8-7-22-20(23)15-24-9-11-25(12-10-24)18-13-26(14-19(18)27)21(28)16-3-5-17(29-2)6-4-16/h3-8,18-19,27H,9-15H2,1-2H3/t18-,19-/m0/s1. The van der Waals surface area contributed by atoms with Gasteiger partial charge in [-0.05, 0) is 24.3 Å². The molecule has 3 heterocycles. The number of carbonyl (C=O) groups is 1. The number of hydrogen-bond acceptors (Lipinski definition) is 6. The van der Waals surface area contributed by atoms with Crippen molar-refractivity contribution >= 4 is 5.91 Å².